The quantitative estimate of drug-likeness (QED) is 0.743. The van der Waals surface area contributed by atoms with Crippen LogP contribution in [0.25, 0.3) is 0 Å². The Kier molecular flexibility index (Phi) is 4.67. The number of anilines is 3. The predicted octanol–water partition coefficient (Wildman–Crippen LogP) is 4.27. The summed E-state index contributed by atoms with van der Waals surface area (Å²) < 4.78 is 13.2. The van der Waals surface area contributed by atoms with Crippen LogP contribution in [0.4, 0.5) is 21.6 Å². The van der Waals surface area contributed by atoms with Gasteiger partial charge in [0.05, 0.1) is 10.7 Å². The van der Waals surface area contributed by atoms with Gasteiger partial charge in [0.15, 0.2) is 0 Å². The number of nitrogens with one attached hydrogen (secondary N) is 2. The van der Waals surface area contributed by atoms with E-state index in [1.165, 1.54) is 24.5 Å². The van der Waals surface area contributed by atoms with E-state index in [9.17, 15) is 9.18 Å². The average Bonchev–Trinajstić information content (AvgIpc) is 2.57. The van der Waals surface area contributed by atoms with Gasteiger partial charge in [0.1, 0.15) is 23.7 Å². The second-order valence-corrected chi connectivity index (χ2v) is 5.27. The van der Waals surface area contributed by atoms with Crippen molar-refractivity contribution in [2.45, 2.75) is 0 Å². The molecule has 24 heavy (non-hydrogen) atoms. The minimum absolute atomic E-state index is 0.156. The maximum absolute atomic E-state index is 13.2. The highest BCUT2D eigenvalue weighted by atomic mass is 35.5. The molecule has 5 nitrogen and oxygen atoms in total. The lowest BCUT2D eigenvalue weighted by atomic mass is 10.3. The van der Waals surface area contributed by atoms with Gasteiger partial charge in [0, 0.05) is 11.8 Å². The van der Waals surface area contributed by atoms with Crippen molar-refractivity contribution >= 4 is 34.7 Å². The summed E-state index contributed by atoms with van der Waals surface area (Å²) >= 11 is 6.01. The molecule has 1 heterocycles. The van der Waals surface area contributed by atoms with Gasteiger partial charge in [-0.25, -0.2) is 14.4 Å². The summed E-state index contributed by atoms with van der Waals surface area (Å²) in [6.45, 7) is 0. The van der Waals surface area contributed by atoms with Crippen LogP contribution in [-0.2, 0) is 0 Å². The van der Waals surface area contributed by atoms with Gasteiger partial charge in [-0.2, -0.15) is 0 Å². The standard InChI is InChI=1S/C17H12ClFN4O/c18-13-6-1-2-7-14(13)23-17(24)15-9-16(21-10-20-15)22-12-5-3-4-11(19)8-12/h1-10H,(H,23,24)(H,20,21,22). The fraction of sp³-hybridized carbons (Fsp3) is 0. The molecule has 0 aliphatic carbocycles. The Bertz CT molecular complexity index is 888. The van der Waals surface area contributed by atoms with Crippen LogP contribution in [0.1, 0.15) is 10.5 Å². The number of benzene rings is 2. The van der Waals surface area contributed by atoms with Crippen molar-refractivity contribution < 1.29 is 9.18 Å². The number of amides is 1. The van der Waals surface area contributed by atoms with Gasteiger partial charge in [-0.15, -0.1) is 0 Å². The van der Waals surface area contributed by atoms with E-state index in [0.717, 1.165) is 0 Å². The van der Waals surface area contributed by atoms with E-state index in [-0.39, 0.29) is 11.5 Å². The highest BCUT2D eigenvalue weighted by Crippen LogP contribution is 2.21. The molecule has 3 aromatic rings. The Labute approximate surface area is 142 Å². The van der Waals surface area contributed by atoms with Gasteiger partial charge < -0.3 is 10.6 Å². The zero-order chi connectivity index (χ0) is 16.9. The maximum Gasteiger partial charge on any atom is 0.274 e. The Hall–Kier alpha value is -2.99. The summed E-state index contributed by atoms with van der Waals surface area (Å²) in [4.78, 5) is 20.2. The topological polar surface area (TPSA) is 66.9 Å². The summed E-state index contributed by atoms with van der Waals surface area (Å²) in [5.74, 6) is -0.418. The second-order valence-electron chi connectivity index (χ2n) is 4.86. The Balaban J connectivity index is 1.77. The number of rotatable bonds is 4. The third-order valence-corrected chi connectivity index (χ3v) is 3.45. The van der Waals surface area contributed by atoms with E-state index in [1.54, 1.807) is 36.4 Å². The smallest absolute Gasteiger partial charge is 0.274 e. The summed E-state index contributed by atoms with van der Waals surface area (Å²) in [5.41, 5.74) is 1.16. The van der Waals surface area contributed by atoms with E-state index in [4.69, 9.17) is 11.6 Å². The van der Waals surface area contributed by atoms with Crippen molar-refractivity contribution in [1.82, 2.24) is 9.97 Å². The first-order chi connectivity index (χ1) is 11.6. The van der Waals surface area contributed by atoms with Crippen LogP contribution in [0.3, 0.4) is 0 Å². The molecule has 0 radical (unpaired) electrons. The van der Waals surface area contributed by atoms with Crippen LogP contribution in [0.5, 0.6) is 0 Å². The maximum atomic E-state index is 13.2. The van der Waals surface area contributed by atoms with Gasteiger partial charge in [0.25, 0.3) is 5.91 Å². The van der Waals surface area contributed by atoms with Crippen molar-refractivity contribution in [3.05, 3.63) is 77.5 Å². The largest absolute Gasteiger partial charge is 0.340 e. The molecule has 0 fully saturated rings. The lowest BCUT2D eigenvalue weighted by molar-refractivity contribution is 0.102. The van der Waals surface area contributed by atoms with Gasteiger partial charge in [-0.1, -0.05) is 29.8 Å². The number of carbonyl (C=O) groups excluding carboxylic acids is 1. The number of aromatic nitrogens is 2. The number of carbonyl (C=O) groups is 1. The molecular weight excluding hydrogens is 331 g/mol. The first-order valence-corrected chi connectivity index (χ1v) is 7.40. The van der Waals surface area contributed by atoms with E-state index < -0.39 is 5.91 Å². The zero-order valence-corrected chi connectivity index (χ0v) is 13.1. The van der Waals surface area contributed by atoms with Gasteiger partial charge in [-0.3, -0.25) is 4.79 Å². The van der Waals surface area contributed by atoms with E-state index in [2.05, 4.69) is 20.6 Å². The molecule has 2 N–H and O–H groups in total. The minimum atomic E-state index is -0.423. The van der Waals surface area contributed by atoms with Crippen molar-refractivity contribution in [1.29, 1.82) is 0 Å². The molecule has 3 rings (SSSR count). The lowest BCUT2D eigenvalue weighted by Crippen LogP contribution is -2.14. The molecule has 120 valence electrons. The van der Waals surface area contributed by atoms with Crippen LogP contribution >= 0.6 is 11.6 Å². The predicted molar refractivity (Wildman–Crippen MR) is 91.1 cm³/mol. The van der Waals surface area contributed by atoms with Crippen LogP contribution in [0.15, 0.2) is 60.9 Å². The third kappa shape index (κ3) is 3.85. The number of para-hydroxylation sites is 1. The molecule has 0 bridgehead atoms. The molecule has 0 saturated heterocycles. The fourth-order valence-corrected chi connectivity index (χ4v) is 2.20. The number of nitrogens with zero attached hydrogens (tertiary/aromatic N) is 2. The molecule has 0 unspecified atom stereocenters. The summed E-state index contributed by atoms with van der Waals surface area (Å²) in [7, 11) is 0. The van der Waals surface area contributed by atoms with Crippen LogP contribution in [0, 0.1) is 5.82 Å². The molecule has 0 atom stereocenters. The van der Waals surface area contributed by atoms with E-state index in [1.807, 2.05) is 0 Å². The highest BCUT2D eigenvalue weighted by molar-refractivity contribution is 6.33. The highest BCUT2D eigenvalue weighted by Gasteiger charge is 2.11. The molecule has 1 amide bonds. The molecule has 2 aromatic carbocycles. The van der Waals surface area contributed by atoms with E-state index in [0.29, 0.717) is 22.2 Å². The first kappa shape index (κ1) is 15.9. The lowest BCUT2D eigenvalue weighted by Gasteiger charge is -2.08. The van der Waals surface area contributed by atoms with Crippen LogP contribution in [0.2, 0.25) is 5.02 Å². The number of hydrogen-bond donors (Lipinski definition) is 2. The molecular formula is C17H12ClFN4O. The first-order valence-electron chi connectivity index (χ1n) is 7.02. The van der Waals surface area contributed by atoms with E-state index >= 15 is 0 Å². The van der Waals surface area contributed by atoms with Crippen LogP contribution in [-0.4, -0.2) is 15.9 Å². The van der Waals surface area contributed by atoms with Crippen molar-refractivity contribution in [2.75, 3.05) is 10.6 Å². The molecule has 1 aromatic heterocycles. The minimum Gasteiger partial charge on any atom is -0.340 e. The normalized spacial score (nSPS) is 10.2. The van der Waals surface area contributed by atoms with Gasteiger partial charge in [-0.05, 0) is 30.3 Å². The summed E-state index contributed by atoms with van der Waals surface area (Å²) in [5, 5.41) is 6.02. The fourth-order valence-electron chi connectivity index (χ4n) is 2.01. The molecule has 0 aliphatic heterocycles. The van der Waals surface area contributed by atoms with Crippen molar-refractivity contribution in [3.63, 3.8) is 0 Å². The van der Waals surface area contributed by atoms with Crippen molar-refractivity contribution in [2.24, 2.45) is 0 Å². The summed E-state index contributed by atoms with van der Waals surface area (Å²) in [6, 6.07) is 14.3. The zero-order valence-electron chi connectivity index (χ0n) is 12.3. The van der Waals surface area contributed by atoms with Gasteiger partial charge in [0.2, 0.25) is 0 Å². The molecule has 7 heteroatoms. The molecule has 0 aliphatic rings. The number of hydrogen-bond acceptors (Lipinski definition) is 4. The Morgan fingerprint density at radius 2 is 1.88 bits per heavy atom. The van der Waals surface area contributed by atoms with Crippen LogP contribution < -0.4 is 10.6 Å². The monoisotopic (exact) mass is 342 g/mol. The Morgan fingerprint density at radius 3 is 2.67 bits per heavy atom. The number of halogens is 2. The summed E-state index contributed by atoms with van der Waals surface area (Å²) in [6.07, 6.45) is 1.25. The third-order valence-electron chi connectivity index (χ3n) is 3.12. The second kappa shape index (κ2) is 7.06. The molecule has 0 spiro atoms. The Morgan fingerprint density at radius 1 is 1.04 bits per heavy atom. The average molecular weight is 343 g/mol. The SMILES string of the molecule is O=C(Nc1ccccc1Cl)c1cc(Nc2cccc(F)c2)ncn1. The van der Waals surface area contributed by atoms with Crippen molar-refractivity contribution in [3.8, 4) is 0 Å². The van der Waals surface area contributed by atoms with Gasteiger partial charge >= 0.3 is 0 Å². The molecule has 0 saturated carbocycles.